The second kappa shape index (κ2) is 6.21. The van der Waals surface area contributed by atoms with Gasteiger partial charge in [0.15, 0.2) is 5.75 Å². The number of amides is 1. The fourth-order valence-electron chi connectivity index (χ4n) is 2.57. The Bertz CT molecular complexity index is 656. The van der Waals surface area contributed by atoms with E-state index in [1.807, 2.05) is 0 Å². The van der Waals surface area contributed by atoms with E-state index < -0.39 is 10.9 Å². The van der Waals surface area contributed by atoms with Crippen LogP contribution in [0.4, 0.5) is 11.4 Å². The summed E-state index contributed by atoms with van der Waals surface area (Å²) in [5, 5.41) is 10.8. The number of anilines is 1. The Morgan fingerprint density at radius 2 is 2.04 bits per heavy atom. The molecule has 9 heteroatoms. The van der Waals surface area contributed by atoms with Crippen molar-refractivity contribution in [1.29, 1.82) is 0 Å². The summed E-state index contributed by atoms with van der Waals surface area (Å²) in [5.74, 6) is -0.565. The van der Waals surface area contributed by atoms with E-state index in [2.05, 4.69) is 0 Å². The topological polar surface area (TPSA) is 102 Å². The van der Waals surface area contributed by atoms with Crippen LogP contribution in [0.25, 0.3) is 0 Å². The van der Waals surface area contributed by atoms with E-state index in [9.17, 15) is 19.7 Å². The molecule has 122 valence electrons. The number of carbonyl (C=O) groups excluding carboxylic acids is 2. The van der Waals surface area contributed by atoms with Gasteiger partial charge in [-0.25, -0.2) is 4.79 Å². The zero-order valence-electron chi connectivity index (χ0n) is 12.3. The van der Waals surface area contributed by atoms with Crippen molar-refractivity contribution >= 4 is 23.3 Å². The van der Waals surface area contributed by atoms with Crippen molar-refractivity contribution in [2.75, 3.05) is 44.3 Å². The molecule has 0 saturated carbocycles. The quantitative estimate of drug-likeness (QED) is 0.338. The van der Waals surface area contributed by atoms with Gasteiger partial charge in [-0.15, -0.1) is 0 Å². The highest BCUT2D eigenvalue weighted by Crippen LogP contribution is 2.35. The van der Waals surface area contributed by atoms with Gasteiger partial charge < -0.3 is 19.3 Å². The maximum Gasteiger partial charge on any atom is 0.331 e. The van der Waals surface area contributed by atoms with Crippen LogP contribution < -0.4 is 9.64 Å². The van der Waals surface area contributed by atoms with Crippen LogP contribution in [-0.2, 0) is 14.3 Å². The van der Waals surface area contributed by atoms with Crippen molar-refractivity contribution in [2.24, 2.45) is 0 Å². The zero-order chi connectivity index (χ0) is 16.4. The molecule has 0 unspecified atom stereocenters. The molecule has 0 aromatic heterocycles. The molecule has 0 aliphatic carbocycles. The smallest absolute Gasteiger partial charge is 0.331 e. The number of nitro groups is 1. The molecular weight excluding hydrogens is 306 g/mol. The number of ether oxygens (including phenoxy) is 2. The molecule has 0 radical (unpaired) electrons. The van der Waals surface area contributed by atoms with Gasteiger partial charge in [-0.2, -0.15) is 0 Å². The number of nitro benzene ring substituents is 1. The molecule has 1 aromatic carbocycles. The summed E-state index contributed by atoms with van der Waals surface area (Å²) in [4.78, 5) is 37.5. The average Bonchev–Trinajstić information content (AvgIpc) is 2.54. The van der Waals surface area contributed by atoms with Crippen LogP contribution in [0, 0.1) is 10.1 Å². The first-order valence-electron chi connectivity index (χ1n) is 7.14. The monoisotopic (exact) mass is 321 g/mol. The van der Waals surface area contributed by atoms with Gasteiger partial charge in [0.25, 0.3) is 5.69 Å². The number of nitrogens with zero attached hydrogens (tertiary/aromatic N) is 3. The molecule has 0 spiro atoms. The van der Waals surface area contributed by atoms with Gasteiger partial charge >= 0.3 is 5.97 Å². The van der Waals surface area contributed by atoms with E-state index >= 15 is 0 Å². The van der Waals surface area contributed by atoms with E-state index in [4.69, 9.17) is 9.47 Å². The molecule has 23 heavy (non-hydrogen) atoms. The normalized spacial score (nSPS) is 17.5. The molecule has 0 N–H and O–H groups in total. The molecule has 1 amide bonds. The van der Waals surface area contributed by atoms with Crippen LogP contribution in [0.1, 0.15) is 0 Å². The minimum Gasteiger partial charge on any atom is -0.423 e. The Kier molecular flexibility index (Phi) is 4.11. The molecule has 1 fully saturated rings. The van der Waals surface area contributed by atoms with Crippen LogP contribution in [0.3, 0.4) is 0 Å². The summed E-state index contributed by atoms with van der Waals surface area (Å²) < 4.78 is 10.3. The average molecular weight is 321 g/mol. The Balaban J connectivity index is 1.79. The highest BCUT2D eigenvalue weighted by molar-refractivity contribution is 5.89. The third-order valence-corrected chi connectivity index (χ3v) is 3.73. The van der Waals surface area contributed by atoms with Crippen molar-refractivity contribution in [3.05, 3.63) is 28.3 Å². The second-order valence-corrected chi connectivity index (χ2v) is 5.23. The highest BCUT2D eigenvalue weighted by atomic mass is 16.6. The lowest BCUT2D eigenvalue weighted by Gasteiger charge is -2.32. The molecule has 1 aromatic rings. The summed E-state index contributed by atoms with van der Waals surface area (Å²) in [6.45, 7) is 1.97. The summed E-state index contributed by atoms with van der Waals surface area (Å²) in [6.07, 6.45) is 0. The molecule has 9 nitrogen and oxygen atoms in total. The molecule has 3 rings (SSSR count). The van der Waals surface area contributed by atoms with Gasteiger partial charge in [-0.1, -0.05) is 0 Å². The second-order valence-electron chi connectivity index (χ2n) is 5.23. The van der Waals surface area contributed by atoms with Gasteiger partial charge in [-0.05, 0) is 6.07 Å². The Labute approximate surface area is 131 Å². The fraction of sp³-hybridized carbons (Fsp3) is 0.429. The van der Waals surface area contributed by atoms with Crippen LogP contribution in [-0.4, -0.2) is 61.1 Å². The van der Waals surface area contributed by atoms with Crippen LogP contribution in [0.2, 0.25) is 0 Å². The molecule has 0 bridgehead atoms. The lowest BCUT2D eigenvalue weighted by atomic mass is 10.2. The third-order valence-electron chi connectivity index (χ3n) is 3.73. The highest BCUT2D eigenvalue weighted by Gasteiger charge is 2.29. The molecular formula is C14H15N3O6. The van der Waals surface area contributed by atoms with Crippen molar-refractivity contribution < 1.29 is 24.0 Å². The van der Waals surface area contributed by atoms with Gasteiger partial charge in [0.05, 0.1) is 36.4 Å². The molecule has 0 atom stereocenters. The molecule has 2 heterocycles. The van der Waals surface area contributed by atoms with E-state index in [0.717, 1.165) is 0 Å². The minimum absolute atomic E-state index is 0.0138. The van der Waals surface area contributed by atoms with Crippen molar-refractivity contribution in [3.63, 3.8) is 0 Å². The number of fused-ring (bicyclic) bond motifs is 1. The lowest BCUT2D eigenvalue weighted by molar-refractivity contribution is -0.384. The molecule has 2 aliphatic heterocycles. The van der Waals surface area contributed by atoms with Crippen molar-refractivity contribution in [1.82, 2.24) is 4.90 Å². The molecule has 2 aliphatic rings. The number of rotatable bonds is 3. The maximum absolute atomic E-state index is 12.3. The van der Waals surface area contributed by atoms with Crippen LogP contribution >= 0.6 is 0 Å². The van der Waals surface area contributed by atoms with Gasteiger partial charge in [0, 0.05) is 19.2 Å². The maximum atomic E-state index is 12.3. The Morgan fingerprint density at radius 3 is 2.74 bits per heavy atom. The fourth-order valence-corrected chi connectivity index (χ4v) is 2.57. The third kappa shape index (κ3) is 3.24. The van der Waals surface area contributed by atoms with Crippen molar-refractivity contribution in [2.45, 2.75) is 0 Å². The van der Waals surface area contributed by atoms with Crippen molar-refractivity contribution in [3.8, 4) is 5.75 Å². The Morgan fingerprint density at radius 1 is 1.30 bits per heavy atom. The number of hydrogen-bond acceptors (Lipinski definition) is 7. The Hall–Kier alpha value is -2.68. The van der Waals surface area contributed by atoms with Crippen LogP contribution in [0.5, 0.6) is 5.75 Å². The first-order chi connectivity index (χ1) is 11.0. The summed E-state index contributed by atoms with van der Waals surface area (Å²) in [5.41, 5.74) is 0.328. The summed E-state index contributed by atoms with van der Waals surface area (Å²) >= 11 is 0. The number of carbonyl (C=O) groups is 2. The molecule has 1 saturated heterocycles. The largest absolute Gasteiger partial charge is 0.423 e. The predicted molar refractivity (Wildman–Crippen MR) is 78.3 cm³/mol. The predicted octanol–water partition coefficient (Wildman–Crippen LogP) is 0.179. The van der Waals surface area contributed by atoms with Gasteiger partial charge in [-0.3, -0.25) is 14.9 Å². The minimum atomic E-state index is -0.564. The number of esters is 1. The first-order valence-corrected chi connectivity index (χ1v) is 7.14. The number of benzene rings is 1. The van der Waals surface area contributed by atoms with E-state index in [0.29, 0.717) is 32.0 Å². The van der Waals surface area contributed by atoms with Crippen LogP contribution in [0.15, 0.2) is 18.2 Å². The lowest BCUT2D eigenvalue weighted by Crippen LogP contribution is -2.48. The van der Waals surface area contributed by atoms with E-state index in [1.54, 1.807) is 9.80 Å². The standard InChI is InChI=1S/C14H15N3O6/c18-13(15-3-5-22-6-4-15)8-16-9-14(19)23-12-7-10(17(20)21)1-2-11(12)16/h1-2,7H,3-6,8-9H2. The number of morpholine rings is 1. The number of hydrogen-bond donors (Lipinski definition) is 0. The van der Waals surface area contributed by atoms with Gasteiger partial charge in [0.2, 0.25) is 5.91 Å². The number of non-ortho nitro benzene ring substituents is 1. The zero-order valence-corrected chi connectivity index (χ0v) is 12.3. The summed E-state index contributed by atoms with van der Waals surface area (Å²) in [6, 6.07) is 4.01. The summed E-state index contributed by atoms with van der Waals surface area (Å²) in [7, 11) is 0. The van der Waals surface area contributed by atoms with Gasteiger partial charge in [0.1, 0.15) is 6.54 Å². The van der Waals surface area contributed by atoms with E-state index in [1.165, 1.54) is 18.2 Å². The van der Waals surface area contributed by atoms with E-state index in [-0.39, 0.29) is 30.4 Å². The SMILES string of the molecule is O=C1CN(CC(=O)N2CCOCC2)c2ccc([N+](=O)[O-])cc2O1. The first kappa shape index (κ1) is 15.2.